The van der Waals surface area contributed by atoms with Gasteiger partial charge in [-0.1, -0.05) is 71.4 Å². The van der Waals surface area contributed by atoms with Gasteiger partial charge in [-0.15, -0.1) is 0 Å². The maximum atomic E-state index is 13.7. The molecule has 35 heavy (non-hydrogen) atoms. The molecule has 0 saturated heterocycles. The van der Waals surface area contributed by atoms with Gasteiger partial charge in [0.2, 0.25) is 0 Å². The van der Waals surface area contributed by atoms with Crippen molar-refractivity contribution in [3.8, 4) is 11.1 Å². The predicted octanol–water partition coefficient (Wildman–Crippen LogP) is 6.19. The van der Waals surface area contributed by atoms with E-state index in [0.717, 1.165) is 22.8 Å². The van der Waals surface area contributed by atoms with Gasteiger partial charge in [0.15, 0.2) is 0 Å². The molecule has 0 aliphatic rings. The fraction of sp³-hybridized carbons (Fsp3) is 0.259. The highest BCUT2D eigenvalue weighted by Gasteiger charge is 2.34. The van der Waals surface area contributed by atoms with E-state index in [9.17, 15) is 18.0 Å². The zero-order valence-corrected chi connectivity index (χ0v) is 19.5. The van der Waals surface area contributed by atoms with E-state index in [-0.39, 0.29) is 18.6 Å². The van der Waals surface area contributed by atoms with E-state index >= 15 is 0 Å². The lowest BCUT2D eigenvalue weighted by Crippen LogP contribution is -2.17. The van der Waals surface area contributed by atoms with Crippen molar-refractivity contribution in [1.82, 2.24) is 5.32 Å². The van der Waals surface area contributed by atoms with Crippen LogP contribution in [0.2, 0.25) is 0 Å². The molecule has 0 fully saturated rings. The van der Waals surface area contributed by atoms with Gasteiger partial charge in [0, 0.05) is 13.1 Å². The van der Waals surface area contributed by atoms with Crippen molar-refractivity contribution in [3.63, 3.8) is 0 Å². The van der Waals surface area contributed by atoms with Gasteiger partial charge in [0.25, 0.3) is 0 Å². The summed E-state index contributed by atoms with van der Waals surface area (Å²) in [6, 6.07) is 18.6. The second kappa shape index (κ2) is 11.7. The van der Waals surface area contributed by atoms with Gasteiger partial charge in [0.1, 0.15) is 6.61 Å². The molecule has 184 valence electrons. The van der Waals surface area contributed by atoms with Crippen molar-refractivity contribution in [2.45, 2.75) is 39.6 Å². The third-order valence-electron chi connectivity index (χ3n) is 5.40. The second-order valence-electron chi connectivity index (χ2n) is 8.21. The summed E-state index contributed by atoms with van der Waals surface area (Å²) in [4.78, 5) is 15.9. The predicted molar refractivity (Wildman–Crippen MR) is 129 cm³/mol. The number of nitrogens with zero attached hydrogens (tertiary/aromatic N) is 1. The summed E-state index contributed by atoms with van der Waals surface area (Å²) in [5.74, 6) is -0.850. The Bertz CT molecular complexity index is 1170. The first kappa shape index (κ1) is 26.0. The van der Waals surface area contributed by atoms with Crippen LogP contribution in [0.15, 0.2) is 71.9 Å². The maximum Gasteiger partial charge on any atom is 0.417 e. The van der Waals surface area contributed by atoms with Gasteiger partial charge in [-0.2, -0.15) is 13.2 Å². The van der Waals surface area contributed by atoms with E-state index in [4.69, 9.17) is 9.94 Å². The van der Waals surface area contributed by atoms with Crippen molar-refractivity contribution in [2.24, 2.45) is 5.16 Å². The quantitative estimate of drug-likeness (QED) is 0.205. The molecule has 0 aliphatic heterocycles. The molecule has 0 bridgehead atoms. The number of aliphatic carboxylic acids is 1. The Morgan fingerprint density at radius 2 is 1.66 bits per heavy atom. The molecule has 2 N–H and O–H groups in total. The normalized spacial score (nSPS) is 12.0. The van der Waals surface area contributed by atoms with E-state index in [2.05, 4.69) is 10.5 Å². The van der Waals surface area contributed by atoms with Crippen molar-refractivity contribution in [3.05, 3.63) is 94.5 Å². The third-order valence-corrected chi connectivity index (χ3v) is 5.40. The molecule has 0 aliphatic carbocycles. The minimum atomic E-state index is -4.50. The van der Waals surface area contributed by atoms with Gasteiger partial charge in [-0.25, -0.2) is 0 Å². The van der Waals surface area contributed by atoms with Crippen LogP contribution < -0.4 is 5.32 Å². The van der Waals surface area contributed by atoms with Crippen molar-refractivity contribution in [1.29, 1.82) is 0 Å². The lowest BCUT2D eigenvalue weighted by molar-refractivity contribution is -0.138. The molecule has 0 saturated carbocycles. The molecular weight excluding hydrogens is 457 g/mol. The molecule has 8 heteroatoms. The summed E-state index contributed by atoms with van der Waals surface area (Å²) < 4.78 is 41.2. The Morgan fingerprint density at radius 1 is 1.00 bits per heavy atom. The molecule has 3 rings (SSSR count). The second-order valence-corrected chi connectivity index (χ2v) is 8.21. The van der Waals surface area contributed by atoms with E-state index in [1.54, 1.807) is 37.3 Å². The van der Waals surface area contributed by atoms with Crippen LogP contribution in [0.25, 0.3) is 11.1 Å². The fourth-order valence-corrected chi connectivity index (χ4v) is 3.45. The minimum Gasteiger partial charge on any atom is -0.481 e. The number of rotatable bonds is 10. The Hall–Kier alpha value is -3.65. The summed E-state index contributed by atoms with van der Waals surface area (Å²) in [6.07, 6.45) is -4.44. The summed E-state index contributed by atoms with van der Waals surface area (Å²) in [7, 11) is 0. The van der Waals surface area contributed by atoms with Gasteiger partial charge >= 0.3 is 12.1 Å². The van der Waals surface area contributed by atoms with Crippen LogP contribution in [0.4, 0.5) is 13.2 Å². The average Bonchev–Trinajstić information content (AvgIpc) is 2.82. The number of hydrogen-bond acceptors (Lipinski definition) is 4. The number of hydrogen-bond donors (Lipinski definition) is 2. The molecule has 0 spiro atoms. The summed E-state index contributed by atoms with van der Waals surface area (Å²) in [6.45, 7) is 4.46. The largest absolute Gasteiger partial charge is 0.481 e. The first-order valence-electron chi connectivity index (χ1n) is 11.1. The van der Waals surface area contributed by atoms with E-state index in [1.807, 2.05) is 31.2 Å². The highest BCUT2D eigenvalue weighted by Crippen LogP contribution is 2.38. The third kappa shape index (κ3) is 7.68. The fourth-order valence-electron chi connectivity index (χ4n) is 3.45. The Labute approximate surface area is 202 Å². The molecule has 3 aromatic rings. The molecule has 0 atom stereocenters. The standard InChI is InChI=1S/C27H27F3N2O3/c1-18-3-8-23(9-4-18)24-12-7-21(15-25(24)27(28,29)30)17-35-32-19(2)22-10-5-20(6-11-22)16-31-14-13-26(33)34/h3-12,15,31H,13-14,16-17H2,1-2H3,(H,33,34)/b32-19+. The SMILES string of the molecule is C/C(=N\OCc1ccc(-c2ccc(C)cc2)c(C(F)(F)F)c1)c1ccc(CNCCC(=O)O)cc1. The Balaban J connectivity index is 1.64. The topological polar surface area (TPSA) is 70.9 Å². The van der Waals surface area contributed by atoms with Crippen LogP contribution in [-0.4, -0.2) is 23.3 Å². The molecular formula is C27H27F3N2O3. The van der Waals surface area contributed by atoms with Gasteiger partial charge in [-0.05, 0) is 47.7 Å². The summed E-state index contributed by atoms with van der Waals surface area (Å²) in [5, 5.41) is 15.8. The smallest absolute Gasteiger partial charge is 0.417 e. The number of benzene rings is 3. The first-order valence-corrected chi connectivity index (χ1v) is 11.1. The minimum absolute atomic E-state index is 0.0559. The van der Waals surface area contributed by atoms with Crippen LogP contribution in [0.3, 0.4) is 0 Å². The number of halogens is 3. The average molecular weight is 485 g/mol. The van der Waals surface area contributed by atoms with Gasteiger partial charge in [0.05, 0.1) is 17.7 Å². The van der Waals surface area contributed by atoms with Crippen LogP contribution in [0, 0.1) is 6.92 Å². The number of carboxylic acid groups (broad SMARTS) is 1. The lowest BCUT2D eigenvalue weighted by atomic mass is 9.96. The van der Waals surface area contributed by atoms with E-state index < -0.39 is 17.7 Å². The van der Waals surface area contributed by atoms with Crippen LogP contribution in [0.1, 0.15) is 41.2 Å². The zero-order chi connectivity index (χ0) is 25.4. The summed E-state index contributed by atoms with van der Waals surface area (Å²) >= 11 is 0. The lowest BCUT2D eigenvalue weighted by Gasteiger charge is -2.15. The number of alkyl halides is 3. The number of oxime groups is 1. The van der Waals surface area contributed by atoms with Gasteiger partial charge in [-0.3, -0.25) is 4.79 Å². The highest BCUT2D eigenvalue weighted by molar-refractivity contribution is 5.98. The van der Waals surface area contributed by atoms with Crippen molar-refractivity contribution >= 4 is 11.7 Å². The van der Waals surface area contributed by atoms with Crippen molar-refractivity contribution in [2.75, 3.05) is 6.54 Å². The molecule has 0 radical (unpaired) electrons. The first-order chi connectivity index (χ1) is 16.6. The Morgan fingerprint density at radius 3 is 2.29 bits per heavy atom. The van der Waals surface area contributed by atoms with Gasteiger partial charge < -0.3 is 15.3 Å². The van der Waals surface area contributed by atoms with E-state index in [0.29, 0.717) is 29.9 Å². The maximum absolute atomic E-state index is 13.7. The Kier molecular flexibility index (Phi) is 8.65. The molecule has 0 heterocycles. The van der Waals surface area contributed by atoms with Crippen LogP contribution in [0.5, 0.6) is 0 Å². The number of carbonyl (C=O) groups is 1. The summed E-state index contributed by atoms with van der Waals surface area (Å²) in [5.41, 5.74) is 3.64. The molecule has 5 nitrogen and oxygen atoms in total. The van der Waals surface area contributed by atoms with Crippen LogP contribution >= 0.6 is 0 Å². The van der Waals surface area contributed by atoms with Crippen molar-refractivity contribution < 1.29 is 27.9 Å². The molecule has 0 amide bonds. The monoisotopic (exact) mass is 484 g/mol. The zero-order valence-electron chi connectivity index (χ0n) is 19.5. The number of aryl methyl sites for hydroxylation is 1. The molecule has 0 unspecified atom stereocenters. The highest BCUT2D eigenvalue weighted by atomic mass is 19.4. The van der Waals surface area contributed by atoms with Crippen LogP contribution in [-0.2, 0) is 29.0 Å². The molecule has 0 aromatic heterocycles. The van der Waals surface area contributed by atoms with E-state index in [1.165, 1.54) is 6.07 Å². The number of carboxylic acids is 1. The molecule has 3 aromatic carbocycles. The number of nitrogens with one attached hydrogen (secondary N) is 1.